The molecular formula is C28H58Br2. The summed E-state index contributed by atoms with van der Waals surface area (Å²) in [7, 11) is 0. The number of alkyl halides is 2. The highest BCUT2D eigenvalue weighted by molar-refractivity contribution is 9.09. The second-order valence-electron chi connectivity index (χ2n) is 9.16. The molecule has 0 nitrogen and oxygen atoms in total. The van der Waals surface area contributed by atoms with Gasteiger partial charge in [-0.15, -0.1) is 0 Å². The van der Waals surface area contributed by atoms with Crippen molar-refractivity contribution in [1.82, 2.24) is 0 Å². The molecule has 0 radical (unpaired) electrons. The number of unbranched alkanes of at least 4 members (excludes halogenated alkanes) is 22. The quantitative estimate of drug-likeness (QED) is 0.0822. The van der Waals surface area contributed by atoms with E-state index >= 15 is 0 Å². The van der Waals surface area contributed by atoms with Crippen LogP contribution in [0.4, 0.5) is 0 Å². The summed E-state index contributed by atoms with van der Waals surface area (Å²) in [6.45, 7) is 4.57. The van der Waals surface area contributed by atoms with E-state index in [0.717, 1.165) is 0 Å². The largest absolute Gasteiger partial charge is 0.0928 e. The first kappa shape index (κ1) is 33.1. The van der Waals surface area contributed by atoms with E-state index in [4.69, 9.17) is 0 Å². The minimum atomic E-state index is 1.18. The van der Waals surface area contributed by atoms with Crippen molar-refractivity contribution in [3.63, 3.8) is 0 Å². The summed E-state index contributed by atoms with van der Waals surface area (Å²) in [6, 6.07) is 0. The molecule has 0 aromatic rings. The fourth-order valence-corrected chi connectivity index (χ4v) is 4.66. The summed E-state index contributed by atoms with van der Waals surface area (Å²) < 4.78 is 0. The Kier molecular flexibility index (Phi) is 38.2. The van der Waals surface area contributed by atoms with E-state index in [1.807, 2.05) is 0 Å². The fourth-order valence-electron chi connectivity index (χ4n) is 3.87. The molecule has 30 heavy (non-hydrogen) atoms. The molecule has 0 unspecified atom stereocenters. The van der Waals surface area contributed by atoms with E-state index in [1.165, 1.54) is 165 Å². The Morgan fingerprint density at radius 2 is 0.433 bits per heavy atom. The minimum Gasteiger partial charge on any atom is -0.0928 e. The molecule has 0 atom stereocenters. The molecule has 0 rings (SSSR count). The van der Waals surface area contributed by atoms with Crippen molar-refractivity contribution in [3.05, 3.63) is 0 Å². The monoisotopic (exact) mass is 552 g/mol. The molecule has 0 fully saturated rings. The molecule has 0 aliphatic rings. The van der Waals surface area contributed by atoms with Crippen LogP contribution in [0.25, 0.3) is 0 Å². The van der Waals surface area contributed by atoms with Gasteiger partial charge in [-0.3, -0.25) is 0 Å². The molecule has 0 spiro atoms. The Labute approximate surface area is 209 Å². The average molecular weight is 555 g/mol. The molecule has 0 heterocycles. The van der Waals surface area contributed by atoms with Gasteiger partial charge < -0.3 is 0 Å². The molecule has 0 aromatic carbocycles. The van der Waals surface area contributed by atoms with Crippen LogP contribution in [-0.2, 0) is 0 Å². The van der Waals surface area contributed by atoms with E-state index in [9.17, 15) is 0 Å². The predicted molar refractivity (Wildman–Crippen MR) is 150 cm³/mol. The van der Waals surface area contributed by atoms with Crippen LogP contribution in [0.3, 0.4) is 0 Å². The summed E-state index contributed by atoms with van der Waals surface area (Å²) in [5, 5.41) is 2.37. The normalized spacial score (nSPS) is 10.8. The van der Waals surface area contributed by atoms with Gasteiger partial charge in [-0.1, -0.05) is 187 Å². The molecule has 2 heteroatoms. The van der Waals surface area contributed by atoms with Crippen LogP contribution in [0.2, 0.25) is 0 Å². The lowest BCUT2D eigenvalue weighted by atomic mass is 10.0. The third kappa shape index (κ3) is 36.3. The lowest BCUT2D eigenvalue weighted by molar-refractivity contribution is 0.538. The third-order valence-corrected chi connectivity index (χ3v) is 7.10. The highest BCUT2D eigenvalue weighted by atomic mass is 79.9. The fraction of sp³-hybridized carbons (Fsp3) is 1.00. The van der Waals surface area contributed by atoms with Crippen molar-refractivity contribution in [2.24, 2.45) is 0 Å². The number of rotatable bonds is 24. The molecular weight excluding hydrogens is 496 g/mol. The maximum Gasteiger partial charge on any atom is 0.00313 e. The highest BCUT2D eigenvalue weighted by Crippen LogP contribution is 2.13. The van der Waals surface area contributed by atoms with Crippen LogP contribution in [0, 0.1) is 0 Å². The van der Waals surface area contributed by atoms with E-state index in [2.05, 4.69) is 45.7 Å². The summed E-state index contributed by atoms with van der Waals surface area (Å²) in [6.07, 6.45) is 34.6. The molecule has 0 aliphatic heterocycles. The number of halogens is 2. The molecule has 0 N–H and O–H groups in total. The van der Waals surface area contributed by atoms with Crippen molar-refractivity contribution in [1.29, 1.82) is 0 Å². The summed E-state index contributed by atoms with van der Waals surface area (Å²) >= 11 is 6.94. The van der Waals surface area contributed by atoms with Crippen LogP contribution in [0.15, 0.2) is 0 Å². The second-order valence-corrected chi connectivity index (χ2v) is 10.7. The maximum atomic E-state index is 3.48. The SMILES string of the molecule is CCCCCCCCCCCCBr.CCCCCCCCCCCCCCCCBr. The van der Waals surface area contributed by atoms with Gasteiger partial charge in [0.2, 0.25) is 0 Å². The van der Waals surface area contributed by atoms with Crippen LogP contribution in [-0.4, -0.2) is 10.7 Å². The summed E-state index contributed by atoms with van der Waals surface area (Å²) in [4.78, 5) is 0. The lowest BCUT2D eigenvalue weighted by Gasteiger charge is -2.02. The topological polar surface area (TPSA) is 0 Å². The number of hydrogen-bond donors (Lipinski definition) is 0. The van der Waals surface area contributed by atoms with Crippen LogP contribution < -0.4 is 0 Å². The Balaban J connectivity index is 0. The molecule has 0 aromatic heterocycles. The van der Waals surface area contributed by atoms with Gasteiger partial charge >= 0.3 is 0 Å². The van der Waals surface area contributed by atoms with Crippen LogP contribution in [0.1, 0.15) is 168 Å². The van der Waals surface area contributed by atoms with Crippen LogP contribution in [0.5, 0.6) is 0 Å². The molecule has 0 saturated heterocycles. The Morgan fingerprint density at radius 3 is 0.600 bits per heavy atom. The minimum absolute atomic E-state index is 1.18. The zero-order valence-electron chi connectivity index (χ0n) is 21.1. The zero-order valence-corrected chi connectivity index (χ0v) is 24.3. The van der Waals surface area contributed by atoms with Crippen molar-refractivity contribution in [2.45, 2.75) is 168 Å². The van der Waals surface area contributed by atoms with Gasteiger partial charge in [0.05, 0.1) is 0 Å². The van der Waals surface area contributed by atoms with Crippen LogP contribution >= 0.6 is 31.9 Å². The molecule has 0 saturated carbocycles. The van der Waals surface area contributed by atoms with Crippen molar-refractivity contribution >= 4 is 31.9 Å². The standard InChI is InChI=1S/C16H33Br.C12H25Br/c1-2-3-4-5-6-7-8-9-10-11-12-13-14-15-16-17;1-2-3-4-5-6-7-8-9-10-11-12-13/h2-16H2,1H3;2-12H2,1H3. The Bertz CT molecular complexity index is 231. The van der Waals surface area contributed by atoms with Crippen molar-refractivity contribution in [2.75, 3.05) is 10.7 Å². The van der Waals surface area contributed by atoms with E-state index in [-0.39, 0.29) is 0 Å². The Morgan fingerprint density at radius 1 is 0.267 bits per heavy atom. The van der Waals surface area contributed by atoms with Gasteiger partial charge in [-0.2, -0.15) is 0 Å². The molecule has 0 amide bonds. The average Bonchev–Trinajstić information content (AvgIpc) is 2.76. The van der Waals surface area contributed by atoms with Crippen molar-refractivity contribution < 1.29 is 0 Å². The summed E-state index contributed by atoms with van der Waals surface area (Å²) in [5.74, 6) is 0. The van der Waals surface area contributed by atoms with Gasteiger partial charge in [-0.25, -0.2) is 0 Å². The van der Waals surface area contributed by atoms with Gasteiger partial charge in [0.25, 0.3) is 0 Å². The lowest BCUT2D eigenvalue weighted by Crippen LogP contribution is -1.83. The van der Waals surface area contributed by atoms with Gasteiger partial charge in [0.1, 0.15) is 0 Å². The first-order chi connectivity index (χ1) is 14.8. The highest BCUT2D eigenvalue weighted by Gasteiger charge is 1.93. The number of hydrogen-bond acceptors (Lipinski definition) is 0. The van der Waals surface area contributed by atoms with E-state index in [1.54, 1.807) is 0 Å². The van der Waals surface area contributed by atoms with Gasteiger partial charge in [-0.05, 0) is 12.8 Å². The van der Waals surface area contributed by atoms with E-state index < -0.39 is 0 Å². The summed E-state index contributed by atoms with van der Waals surface area (Å²) in [5.41, 5.74) is 0. The van der Waals surface area contributed by atoms with Crippen molar-refractivity contribution in [3.8, 4) is 0 Å². The smallest absolute Gasteiger partial charge is 0.00313 e. The first-order valence-corrected chi connectivity index (χ1v) is 16.2. The Hall–Kier alpha value is 0.960. The van der Waals surface area contributed by atoms with E-state index in [0.29, 0.717) is 0 Å². The van der Waals surface area contributed by atoms with Gasteiger partial charge in [0.15, 0.2) is 0 Å². The van der Waals surface area contributed by atoms with Gasteiger partial charge in [0, 0.05) is 10.7 Å². The molecule has 184 valence electrons. The zero-order chi connectivity index (χ0) is 22.4. The predicted octanol–water partition coefficient (Wildman–Crippen LogP) is 12.2. The second kappa shape index (κ2) is 34.6. The molecule has 0 bridgehead atoms. The molecule has 0 aliphatic carbocycles. The first-order valence-electron chi connectivity index (χ1n) is 13.9. The third-order valence-electron chi connectivity index (χ3n) is 5.97. The maximum absolute atomic E-state index is 3.48.